The van der Waals surface area contributed by atoms with Crippen LogP contribution in [-0.2, 0) is 6.61 Å². The van der Waals surface area contributed by atoms with Gasteiger partial charge in [0.15, 0.2) is 0 Å². The average Bonchev–Trinajstić information content (AvgIpc) is 2.36. The number of nitrogens with two attached hydrogens (primary N) is 1. The number of hydrogen-bond donors (Lipinski definition) is 1. The lowest BCUT2D eigenvalue weighted by Crippen LogP contribution is -2.05. The van der Waals surface area contributed by atoms with Gasteiger partial charge in [-0.25, -0.2) is 0 Å². The number of rotatable bonds is 4. The van der Waals surface area contributed by atoms with Gasteiger partial charge in [-0.2, -0.15) is 0 Å². The van der Waals surface area contributed by atoms with Crippen LogP contribution in [0, 0.1) is 13.8 Å². The topological polar surface area (TPSA) is 35.2 Å². The van der Waals surface area contributed by atoms with Gasteiger partial charge in [0, 0.05) is 6.04 Å². The molecule has 3 heteroatoms. The van der Waals surface area contributed by atoms with Crippen LogP contribution in [0.25, 0.3) is 0 Å². The maximum absolute atomic E-state index is 6.22. The summed E-state index contributed by atoms with van der Waals surface area (Å²) in [4.78, 5) is 0. The molecule has 0 saturated carbocycles. The van der Waals surface area contributed by atoms with E-state index in [9.17, 15) is 0 Å². The Kier molecular flexibility index (Phi) is 4.69. The van der Waals surface area contributed by atoms with Crippen LogP contribution in [0.15, 0.2) is 36.4 Å². The minimum atomic E-state index is -0.0269. The van der Waals surface area contributed by atoms with Crippen molar-refractivity contribution in [2.24, 2.45) is 5.73 Å². The van der Waals surface area contributed by atoms with Crippen LogP contribution in [0.1, 0.15) is 35.2 Å². The van der Waals surface area contributed by atoms with Crippen molar-refractivity contribution in [3.63, 3.8) is 0 Å². The van der Waals surface area contributed by atoms with Gasteiger partial charge in [0.2, 0.25) is 0 Å². The summed E-state index contributed by atoms with van der Waals surface area (Å²) in [5.41, 5.74) is 10.5. The molecule has 0 unspecified atom stereocenters. The molecule has 0 aromatic heterocycles. The summed E-state index contributed by atoms with van der Waals surface area (Å²) < 4.78 is 5.79. The lowest BCUT2D eigenvalue weighted by atomic mass is 10.1. The minimum absolute atomic E-state index is 0.0269. The van der Waals surface area contributed by atoms with Crippen LogP contribution in [0.2, 0.25) is 5.02 Å². The second kappa shape index (κ2) is 6.29. The Labute approximate surface area is 125 Å². The van der Waals surface area contributed by atoms with Crippen molar-refractivity contribution in [3.8, 4) is 5.75 Å². The van der Waals surface area contributed by atoms with Crippen molar-refractivity contribution in [1.82, 2.24) is 0 Å². The smallest absolute Gasteiger partial charge is 0.138 e. The van der Waals surface area contributed by atoms with Crippen molar-refractivity contribution in [1.29, 1.82) is 0 Å². The van der Waals surface area contributed by atoms with E-state index >= 15 is 0 Å². The fraction of sp³-hybridized carbons (Fsp3) is 0.294. The molecule has 0 bridgehead atoms. The summed E-state index contributed by atoms with van der Waals surface area (Å²) in [5, 5.41) is 0.601. The first-order valence-electron chi connectivity index (χ1n) is 6.70. The van der Waals surface area contributed by atoms with Crippen LogP contribution >= 0.6 is 11.6 Å². The Balaban J connectivity index is 2.11. The highest BCUT2D eigenvalue weighted by Crippen LogP contribution is 2.28. The average molecular weight is 290 g/mol. The predicted molar refractivity (Wildman–Crippen MR) is 84.3 cm³/mol. The largest absolute Gasteiger partial charge is 0.487 e. The molecule has 2 N–H and O–H groups in total. The van der Waals surface area contributed by atoms with E-state index in [1.165, 1.54) is 11.1 Å². The van der Waals surface area contributed by atoms with Crippen molar-refractivity contribution in [2.75, 3.05) is 0 Å². The molecule has 2 nitrogen and oxygen atoms in total. The minimum Gasteiger partial charge on any atom is -0.487 e. The molecule has 0 fully saturated rings. The molecule has 0 aliphatic rings. The van der Waals surface area contributed by atoms with Crippen LogP contribution in [0.4, 0.5) is 0 Å². The third-order valence-electron chi connectivity index (χ3n) is 3.16. The summed E-state index contributed by atoms with van der Waals surface area (Å²) in [5.74, 6) is 0.690. The predicted octanol–water partition coefficient (Wildman–Crippen LogP) is 4.56. The Morgan fingerprint density at radius 3 is 2.30 bits per heavy atom. The third-order valence-corrected chi connectivity index (χ3v) is 3.45. The molecule has 1 atom stereocenters. The normalized spacial score (nSPS) is 12.2. The van der Waals surface area contributed by atoms with Gasteiger partial charge in [0.25, 0.3) is 0 Å². The Bertz CT molecular complexity index is 588. The molecule has 2 rings (SSSR count). The van der Waals surface area contributed by atoms with Crippen molar-refractivity contribution >= 4 is 11.6 Å². The van der Waals surface area contributed by atoms with Gasteiger partial charge in [0.05, 0.1) is 5.02 Å². The van der Waals surface area contributed by atoms with Crippen LogP contribution < -0.4 is 10.5 Å². The zero-order valence-electron chi connectivity index (χ0n) is 12.1. The Morgan fingerprint density at radius 1 is 1.10 bits per heavy atom. The standard InChI is InChI=1S/C17H20ClNO/c1-11-6-12(2)8-14(7-11)10-20-17-5-4-15(13(3)19)9-16(17)18/h4-9,13H,10,19H2,1-3H3/t13-/m1/s1. The number of benzene rings is 2. The third kappa shape index (κ3) is 3.75. The van der Waals surface area contributed by atoms with Gasteiger partial charge in [-0.05, 0) is 44.0 Å². The summed E-state index contributed by atoms with van der Waals surface area (Å²) >= 11 is 6.22. The van der Waals surface area contributed by atoms with E-state index in [0.29, 0.717) is 17.4 Å². The van der Waals surface area contributed by atoms with Crippen LogP contribution in [0.3, 0.4) is 0 Å². The monoisotopic (exact) mass is 289 g/mol. The fourth-order valence-electron chi connectivity index (χ4n) is 2.23. The molecule has 106 valence electrons. The number of ether oxygens (including phenoxy) is 1. The first-order chi connectivity index (χ1) is 9.45. The highest BCUT2D eigenvalue weighted by atomic mass is 35.5. The molecule has 0 radical (unpaired) electrons. The zero-order chi connectivity index (χ0) is 14.7. The second-order valence-corrected chi connectivity index (χ2v) is 5.67. The Hall–Kier alpha value is -1.51. The van der Waals surface area contributed by atoms with Crippen LogP contribution in [-0.4, -0.2) is 0 Å². The van der Waals surface area contributed by atoms with Gasteiger partial charge in [-0.15, -0.1) is 0 Å². The van der Waals surface area contributed by atoms with Gasteiger partial charge in [-0.1, -0.05) is 47.0 Å². The van der Waals surface area contributed by atoms with Gasteiger partial charge >= 0.3 is 0 Å². The first kappa shape index (κ1) is 14.9. The molecule has 2 aromatic rings. The molecule has 20 heavy (non-hydrogen) atoms. The van der Waals surface area contributed by atoms with E-state index in [0.717, 1.165) is 11.1 Å². The summed E-state index contributed by atoms with van der Waals surface area (Å²) in [6.45, 7) is 6.61. The molecule has 0 heterocycles. The van der Waals surface area contributed by atoms with E-state index in [1.54, 1.807) is 0 Å². The fourth-order valence-corrected chi connectivity index (χ4v) is 2.47. The summed E-state index contributed by atoms with van der Waals surface area (Å²) in [6, 6.07) is 12.1. The lowest BCUT2D eigenvalue weighted by Gasteiger charge is -2.12. The first-order valence-corrected chi connectivity index (χ1v) is 7.08. The van der Waals surface area contributed by atoms with E-state index < -0.39 is 0 Å². The van der Waals surface area contributed by atoms with Crippen LogP contribution in [0.5, 0.6) is 5.75 Å². The number of aryl methyl sites for hydroxylation is 2. The highest BCUT2D eigenvalue weighted by Gasteiger charge is 2.06. The van der Waals surface area contributed by atoms with E-state index in [2.05, 4.69) is 32.0 Å². The lowest BCUT2D eigenvalue weighted by molar-refractivity contribution is 0.306. The number of hydrogen-bond acceptors (Lipinski definition) is 2. The van der Waals surface area contributed by atoms with Gasteiger partial charge in [-0.3, -0.25) is 0 Å². The van der Waals surface area contributed by atoms with Crippen molar-refractivity contribution in [2.45, 2.75) is 33.4 Å². The maximum atomic E-state index is 6.22. The molecule has 0 saturated heterocycles. The zero-order valence-corrected chi connectivity index (χ0v) is 12.9. The molecule has 0 aliphatic heterocycles. The SMILES string of the molecule is Cc1cc(C)cc(COc2ccc([C@@H](C)N)cc2Cl)c1. The van der Waals surface area contributed by atoms with E-state index in [1.807, 2.05) is 25.1 Å². The molecular formula is C17H20ClNO. The quantitative estimate of drug-likeness (QED) is 0.896. The van der Waals surface area contributed by atoms with E-state index in [4.69, 9.17) is 22.1 Å². The summed E-state index contributed by atoms with van der Waals surface area (Å²) in [7, 11) is 0. The molecule has 0 aliphatic carbocycles. The molecular weight excluding hydrogens is 270 g/mol. The second-order valence-electron chi connectivity index (χ2n) is 5.26. The highest BCUT2D eigenvalue weighted by molar-refractivity contribution is 6.32. The Morgan fingerprint density at radius 2 is 1.75 bits per heavy atom. The van der Waals surface area contributed by atoms with Crippen molar-refractivity contribution < 1.29 is 4.74 Å². The van der Waals surface area contributed by atoms with Crippen molar-refractivity contribution in [3.05, 3.63) is 63.7 Å². The summed E-state index contributed by atoms with van der Waals surface area (Å²) in [6.07, 6.45) is 0. The molecule has 0 spiro atoms. The number of halogens is 1. The van der Waals surface area contributed by atoms with Gasteiger partial charge in [0.1, 0.15) is 12.4 Å². The molecule has 2 aromatic carbocycles. The molecule has 0 amide bonds. The maximum Gasteiger partial charge on any atom is 0.138 e. The van der Waals surface area contributed by atoms with Gasteiger partial charge < -0.3 is 10.5 Å². The van der Waals surface area contributed by atoms with E-state index in [-0.39, 0.29) is 6.04 Å².